The second-order valence-electron chi connectivity index (χ2n) is 8.40. The SMILES string of the molecule is O=C(NC1CCN(C(=O)Nc2ccccc2)CC1)c1nc(-c2ccccc2)n(-c2ccccc2)n1. The van der Waals surface area contributed by atoms with Crippen molar-refractivity contribution in [3.05, 3.63) is 96.8 Å². The fourth-order valence-corrected chi connectivity index (χ4v) is 4.13. The van der Waals surface area contributed by atoms with E-state index in [0.29, 0.717) is 31.8 Å². The number of nitrogens with one attached hydrogen (secondary N) is 2. The summed E-state index contributed by atoms with van der Waals surface area (Å²) >= 11 is 0. The summed E-state index contributed by atoms with van der Waals surface area (Å²) in [5.41, 5.74) is 2.47. The second-order valence-corrected chi connectivity index (χ2v) is 8.40. The Kier molecular flexibility index (Phi) is 6.52. The number of carbonyl (C=O) groups is 2. The van der Waals surface area contributed by atoms with Crippen LogP contribution < -0.4 is 10.6 Å². The number of hydrogen-bond acceptors (Lipinski definition) is 4. The summed E-state index contributed by atoms with van der Waals surface area (Å²) in [5, 5.41) is 10.5. The Morgan fingerprint density at radius 2 is 1.40 bits per heavy atom. The Labute approximate surface area is 203 Å². The Hall–Kier alpha value is -4.46. The molecular weight excluding hydrogens is 440 g/mol. The van der Waals surface area contributed by atoms with Crippen molar-refractivity contribution in [2.24, 2.45) is 0 Å². The van der Waals surface area contributed by atoms with Gasteiger partial charge in [0.05, 0.1) is 5.69 Å². The maximum Gasteiger partial charge on any atom is 0.321 e. The average Bonchev–Trinajstić information content (AvgIpc) is 3.37. The largest absolute Gasteiger partial charge is 0.346 e. The summed E-state index contributed by atoms with van der Waals surface area (Å²) in [7, 11) is 0. The third-order valence-corrected chi connectivity index (χ3v) is 5.99. The molecule has 1 aliphatic rings. The van der Waals surface area contributed by atoms with E-state index in [1.807, 2.05) is 91.0 Å². The summed E-state index contributed by atoms with van der Waals surface area (Å²) < 4.78 is 1.70. The molecule has 2 N–H and O–H groups in total. The highest BCUT2D eigenvalue weighted by atomic mass is 16.2. The molecule has 176 valence electrons. The second kappa shape index (κ2) is 10.2. The highest BCUT2D eigenvalue weighted by Crippen LogP contribution is 2.21. The van der Waals surface area contributed by atoms with Crippen molar-refractivity contribution in [1.29, 1.82) is 0 Å². The zero-order chi connectivity index (χ0) is 24.0. The number of urea groups is 1. The lowest BCUT2D eigenvalue weighted by atomic mass is 10.1. The molecule has 0 spiro atoms. The van der Waals surface area contributed by atoms with Crippen molar-refractivity contribution in [3.8, 4) is 17.1 Å². The maximum atomic E-state index is 13.1. The smallest absolute Gasteiger partial charge is 0.321 e. The minimum Gasteiger partial charge on any atom is -0.346 e. The first-order valence-corrected chi connectivity index (χ1v) is 11.7. The molecule has 0 aliphatic carbocycles. The third-order valence-electron chi connectivity index (χ3n) is 5.99. The van der Waals surface area contributed by atoms with Crippen LogP contribution in [0.25, 0.3) is 17.1 Å². The van der Waals surface area contributed by atoms with E-state index >= 15 is 0 Å². The fourth-order valence-electron chi connectivity index (χ4n) is 4.13. The first kappa shape index (κ1) is 22.3. The molecule has 5 rings (SSSR count). The first-order valence-electron chi connectivity index (χ1n) is 11.7. The van der Waals surface area contributed by atoms with E-state index in [1.165, 1.54) is 0 Å². The summed E-state index contributed by atoms with van der Waals surface area (Å²) in [5.74, 6) is 0.412. The van der Waals surface area contributed by atoms with E-state index in [-0.39, 0.29) is 23.8 Å². The van der Waals surface area contributed by atoms with Gasteiger partial charge in [0, 0.05) is 30.4 Å². The van der Waals surface area contributed by atoms with E-state index in [1.54, 1.807) is 9.58 Å². The summed E-state index contributed by atoms with van der Waals surface area (Å²) in [6.07, 6.45) is 1.33. The fraction of sp³-hybridized carbons (Fsp3) is 0.185. The number of hydrogen-bond donors (Lipinski definition) is 2. The first-order chi connectivity index (χ1) is 17.2. The van der Waals surface area contributed by atoms with Gasteiger partial charge in [-0.2, -0.15) is 0 Å². The molecule has 0 unspecified atom stereocenters. The van der Waals surface area contributed by atoms with Gasteiger partial charge in [0.2, 0.25) is 5.82 Å². The number of likely N-dealkylation sites (tertiary alicyclic amines) is 1. The Bertz CT molecular complexity index is 1230. The number of nitrogens with zero attached hydrogens (tertiary/aromatic N) is 4. The molecule has 8 heteroatoms. The van der Waals surface area contributed by atoms with Crippen molar-refractivity contribution in [3.63, 3.8) is 0 Å². The van der Waals surface area contributed by atoms with Gasteiger partial charge in [-0.1, -0.05) is 66.7 Å². The highest BCUT2D eigenvalue weighted by molar-refractivity contribution is 5.91. The summed E-state index contributed by atoms with van der Waals surface area (Å²) in [6, 6.07) is 28.5. The normalized spacial score (nSPS) is 13.9. The molecule has 3 amide bonds. The summed E-state index contributed by atoms with van der Waals surface area (Å²) in [4.78, 5) is 31.9. The molecule has 0 bridgehead atoms. The number of amides is 3. The van der Waals surface area contributed by atoms with Gasteiger partial charge in [0.25, 0.3) is 5.91 Å². The van der Waals surface area contributed by atoms with Crippen LogP contribution >= 0.6 is 0 Å². The van der Waals surface area contributed by atoms with E-state index in [2.05, 4.69) is 20.7 Å². The van der Waals surface area contributed by atoms with Gasteiger partial charge >= 0.3 is 6.03 Å². The molecule has 1 aliphatic heterocycles. The topological polar surface area (TPSA) is 92.2 Å². The van der Waals surface area contributed by atoms with E-state index in [0.717, 1.165) is 16.9 Å². The van der Waals surface area contributed by atoms with Crippen LogP contribution in [0.15, 0.2) is 91.0 Å². The standard InChI is InChI=1S/C27H26N6O2/c34-26(28-22-16-18-32(19-17-22)27(35)29-21-12-6-2-7-13-21)24-30-25(20-10-4-1-5-11-20)33(31-24)23-14-8-3-9-15-23/h1-15,22H,16-19H2,(H,28,34)(H,29,35). The van der Waals surface area contributed by atoms with Gasteiger partial charge in [-0.3, -0.25) is 4.79 Å². The number of para-hydroxylation sites is 2. The van der Waals surface area contributed by atoms with Crippen molar-refractivity contribution in [2.45, 2.75) is 18.9 Å². The number of carbonyl (C=O) groups excluding carboxylic acids is 2. The van der Waals surface area contributed by atoms with Gasteiger partial charge < -0.3 is 15.5 Å². The Morgan fingerprint density at radius 3 is 2.06 bits per heavy atom. The molecule has 0 atom stereocenters. The molecule has 1 aromatic heterocycles. The maximum absolute atomic E-state index is 13.1. The molecule has 2 heterocycles. The third kappa shape index (κ3) is 5.22. The van der Waals surface area contributed by atoms with Crippen molar-refractivity contribution >= 4 is 17.6 Å². The van der Waals surface area contributed by atoms with Crippen LogP contribution in [0.4, 0.5) is 10.5 Å². The van der Waals surface area contributed by atoms with Gasteiger partial charge in [-0.05, 0) is 37.1 Å². The van der Waals surface area contributed by atoms with E-state index < -0.39 is 0 Å². The quantitative estimate of drug-likeness (QED) is 0.457. The van der Waals surface area contributed by atoms with Gasteiger partial charge in [-0.15, -0.1) is 5.10 Å². The predicted octanol–water partition coefficient (Wildman–Crippen LogP) is 4.36. The van der Waals surface area contributed by atoms with Crippen LogP contribution in [0.1, 0.15) is 23.5 Å². The van der Waals surface area contributed by atoms with Crippen molar-refractivity contribution in [2.75, 3.05) is 18.4 Å². The van der Waals surface area contributed by atoms with Crippen LogP contribution in [0.5, 0.6) is 0 Å². The highest BCUT2D eigenvalue weighted by Gasteiger charge is 2.26. The number of piperidine rings is 1. The predicted molar refractivity (Wildman–Crippen MR) is 134 cm³/mol. The lowest BCUT2D eigenvalue weighted by molar-refractivity contribution is 0.0909. The molecule has 1 saturated heterocycles. The molecule has 1 fully saturated rings. The lowest BCUT2D eigenvalue weighted by Gasteiger charge is -2.32. The number of aromatic nitrogens is 3. The van der Waals surface area contributed by atoms with E-state index in [4.69, 9.17) is 0 Å². The van der Waals surface area contributed by atoms with Crippen molar-refractivity contribution in [1.82, 2.24) is 25.0 Å². The van der Waals surface area contributed by atoms with Gasteiger partial charge in [0.1, 0.15) is 0 Å². The number of benzene rings is 3. The minimum absolute atomic E-state index is 0.0490. The molecule has 35 heavy (non-hydrogen) atoms. The number of rotatable bonds is 5. The van der Waals surface area contributed by atoms with E-state index in [9.17, 15) is 9.59 Å². The van der Waals surface area contributed by atoms with Crippen LogP contribution in [-0.2, 0) is 0 Å². The monoisotopic (exact) mass is 466 g/mol. The zero-order valence-electron chi connectivity index (χ0n) is 19.2. The van der Waals surface area contributed by atoms with Crippen LogP contribution in [0.2, 0.25) is 0 Å². The molecule has 3 aromatic carbocycles. The van der Waals surface area contributed by atoms with Crippen LogP contribution in [0.3, 0.4) is 0 Å². The molecular formula is C27H26N6O2. The molecule has 0 radical (unpaired) electrons. The average molecular weight is 467 g/mol. The summed E-state index contributed by atoms with van der Waals surface area (Å²) in [6.45, 7) is 1.12. The van der Waals surface area contributed by atoms with Crippen LogP contribution in [-0.4, -0.2) is 50.7 Å². The zero-order valence-corrected chi connectivity index (χ0v) is 19.2. The van der Waals surface area contributed by atoms with Crippen molar-refractivity contribution < 1.29 is 9.59 Å². The Balaban J connectivity index is 1.25. The van der Waals surface area contributed by atoms with Crippen LogP contribution in [0, 0.1) is 0 Å². The van der Waals surface area contributed by atoms with Gasteiger partial charge in [-0.25, -0.2) is 14.5 Å². The Morgan fingerprint density at radius 1 is 0.800 bits per heavy atom. The minimum atomic E-state index is -0.316. The molecule has 0 saturated carbocycles. The molecule has 4 aromatic rings. The lowest BCUT2D eigenvalue weighted by Crippen LogP contribution is -2.47. The number of anilines is 1. The van der Waals surface area contributed by atoms with Gasteiger partial charge in [0.15, 0.2) is 5.82 Å². The molecule has 8 nitrogen and oxygen atoms in total.